The molecule has 2 nitrogen and oxygen atoms in total. The van der Waals surface area contributed by atoms with Crippen LogP contribution in [0.5, 0.6) is 0 Å². The van der Waals surface area contributed by atoms with E-state index in [4.69, 9.17) is 9.68 Å². The van der Waals surface area contributed by atoms with E-state index in [0.29, 0.717) is 6.42 Å². The van der Waals surface area contributed by atoms with Crippen molar-refractivity contribution in [3.05, 3.63) is 36.1 Å². The van der Waals surface area contributed by atoms with E-state index in [-0.39, 0.29) is 0 Å². The number of hydrogen-bond donors (Lipinski definition) is 0. The van der Waals surface area contributed by atoms with Gasteiger partial charge < -0.3 is 4.42 Å². The average molecular weight is 185 g/mol. The van der Waals surface area contributed by atoms with E-state index in [1.165, 1.54) is 0 Å². The van der Waals surface area contributed by atoms with Crippen LogP contribution in [0.25, 0.3) is 11.0 Å². The van der Waals surface area contributed by atoms with Gasteiger partial charge in [0.1, 0.15) is 11.3 Å². The molecule has 0 saturated carbocycles. The second-order valence-electron chi connectivity index (χ2n) is 3.26. The Hall–Kier alpha value is -1.75. The molecule has 0 bridgehead atoms. The molecule has 0 amide bonds. The summed E-state index contributed by atoms with van der Waals surface area (Å²) in [6.07, 6.45) is 2.32. The molecule has 0 radical (unpaired) electrons. The maximum atomic E-state index is 8.40. The predicted molar refractivity (Wildman–Crippen MR) is 54.8 cm³/mol. The quantitative estimate of drug-likeness (QED) is 0.688. The Morgan fingerprint density at radius 1 is 1.29 bits per heavy atom. The van der Waals surface area contributed by atoms with Crippen molar-refractivity contribution >= 4 is 11.0 Å². The van der Waals surface area contributed by atoms with E-state index >= 15 is 0 Å². The van der Waals surface area contributed by atoms with Gasteiger partial charge in [0, 0.05) is 18.2 Å². The summed E-state index contributed by atoms with van der Waals surface area (Å²) in [7, 11) is 0. The first-order chi connectivity index (χ1) is 6.90. The van der Waals surface area contributed by atoms with Gasteiger partial charge in [0.05, 0.1) is 6.07 Å². The summed E-state index contributed by atoms with van der Waals surface area (Å²) in [6, 6.07) is 12.1. The molecule has 2 aromatic rings. The molecule has 2 heteroatoms. The lowest BCUT2D eigenvalue weighted by molar-refractivity contribution is 0.540. The van der Waals surface area contributed by atoms with Crippen LogP contribution in [0.3, 0.4) is 0 Å². The van der Waals surface area contributed by atoms with Gasteiger partial charge in [-0.15, -0.1) is 0 Å². The lowest BCUT2D eigenvalue weighted by Crippen LogP contribution is -1.79. The van der Waals surface area contributed by atoms with Gasteiger partial charge >= 0.3 is 0 Å². The number of unbranched alkanes of at least 4 members (excludes halogenated alkanes) is 1. The lowest BCUT2D eigenvalue weighted by Gasteiger charge is -1.90. The summed E-state index contributed by atoms with van der Waals surface area (Å²) in [4.78, 5) is 0. The van der Waals surface area contributed by atoms with Gasteiger partial charge in [-0.1, -0.05) is 18.2 Å². The van der Waals surface area contributed by atoms with Crippen molar-refractivity contribution in [2.75, 3.05) is 0 Å². The number of aryl methyl sites for hydroxylation is 1. The minimum absolute atomic E-state index is 0.594. The van der Waals surface area contributed by atoms with Gasteiger partial charge in [-0.25, -0.2) is 0 Å². The number of rotatable bonds is 3. The van der Waals surface area contributed by atoms with E-state index in [2.05, 4.69) is 6.07 Å². The molecule has 0 N–H and O–H groups in total. The Balaban J connectivity index is 2.15. The third-order valence-electron chi connectivity index (χ3n) is 2.19. The minimum atomic E-state index is 0.594. The monoisotopic (exact) mass is 185 g/mol. The van der Waals surface area contributed by atoms with Crippen LogP contribution in [0.15, 0.2) is 34.7 Å². The molecule has 1 aromatic carbocycles. The van der Waals surface area contributed by atoms with Crippen LogP contribution in [0.1, 0.15) is 18.6 Å². The van der Waals surface area contributed by atoms with Crippen molar-refractivity contribution < 1.29 is 4.42 Å². The highest BCUT2D eigenvalue weighted by molar-refractivity contribution is 5.77. The van der Waals surface area contributed by atoms with Crippen LogP contribution in [0.2, 0.25) is 0 Å². The lowest BCUT2D eigenvalue weighted by atomic mass is 10.2. The topological polar surface area (TPSA) is 36.9 Å². The van der Waals surface area contributed by atoms with Crippen LogP contribution in [0, 0.1) is 11.3 Å². The summed E-state index contributed by atoms with van der Waals surface area (Å²) in [5.74, 6) is 0.974. The van der Waals surface area contributed by atoms with Crippen LogP contribution in [0.4, 0.5) is 0 Å². The van der Waals surface area contributed by atoms with Crippen molar-refractivity contribution in [2.24, 2.45) is 0 Å². The molecule has 70 valence electrons. The van der Waals surface area contributed by atoms with Gasteiger partial charge in [-0.2, -0.15) is 5.26 Å². The standard InChI is InChI=1S/C12H11NO/c13-8-4-3-6-11-9-10-5-1-2-7-12(10)14-11/h1-2,5,7,9H,3-4,6H2. The molecule has 0 saturated heterocycles. The number of furan rings is 1. The molecule has 0 unspecified atom stereocenters. The van der Waals surface area contributed by atoms with Crippen LogP contribution in [-0.2, 0) is 6.42 Å². The van der Waals surface area contributed by atoms with Crippen LogP contribution in [-0.4, -0.2) is 0 Å². The Morgan fingerprint density at radius 2 is 2.14 bits per heavy atom. The zero-order valence-corrected chi connectivity index (χ0v) is 7.86. The molecule has 1 heterocycles. The normalized spacial score (nSPS) is 10.2. The smallest absolute Gasteiger partial charge is 0.134 e. The first kappa shape index (κ1) is 8.83. The molecular formula is C12H11NO. The van der Waals surface area contributed by atoms with E-state index in [1.807, 2.05) is 30.3 Å². The van der Waals surface area contributed by atoms with Gasteiger partial charge in [0.2, 0.25) is 0 Å². The number of fused-ring (bicyclic) bond motifs is 1. The van der Waals surface area contributed by atoms with Gasteiger partial charge in [0.15, 0.2) is 0 Å². The molecule has 1 aromatic heterocycles. The Labute approximate surface area is 82.8 Å². The molecule has 14 heavy (non-hydrogen) atoms. The second-order valence-corrected chi connectivity index (χ2v) is 3.26. The highest BCUT2D eigenvalue weighted by Gasteiger charge is 2.01. The molecule has 2 rings (SSSR count). The van der Waals surface area contributed by atoms with Gasteiger partial charge in [-0.05, 0) is 18.6 Å². The summed E-state index contributed by atoms with van der Waals surface area (Å²) < 4.78 is 5.61. The van der Waals surface area contributed by atoms with Crippen molar-refractivity contribution in [2.45, 2.75) is 19.3 Å². The highest BCUT2D eigenvalue weighted by Crippen LogP contribution is 2.19. The first-order valence-corrected chi connectivity index (χ1v) is 4.74. The predicted octanol–water partition coefficient (Wildman–Crippen LogP) is 3.28. The molecule has 0 atom stereocenters. The highest BCUT2D eigenvalue weighted by atomic mass is 16.3. The number of hydrogen-bond acceptors (Lipinski definition) is 2. The Kier molecular flexibility index (Phi) is 2.51. The average Bonchev–Trinajstić information content (AvgIpc) is 2.60. The fourth-order valence-corrected chi connectivity index (χ4v) is 1.50. The molecule has 0 spiro atoms. The van der Waals surface area contributed by atoms with E-state index in [9.17, 15) is 0 Å². The summed E-state index contributed by atoms with van der Waals surface area (Å²) in [5, 5.41) is 9.54. The SMILES string of the molecule is N#CCCCc1cc2ccccc2o1. The Morgan fingerprint density at radius 3 is 2.93 bits per heavy atom. The maximum absolute atomic E-state index is 8.40. The molecular weight excluding hydrogens is 174 g/mol. The molecule has 0 aliphatic rings. The molecule has 0 aliphatic carbocycles. The van der Waals surface area contributed by atoms with E-state index in [1.54, 1.807) is 0 Å². The second kappa shape index (κ2) is 3.97. The third kappa shape index (κ3) is 1.77. The molecule has 0 fully saturated rings. The zero-order chi connectivity index (χ0) is 9.80. The maximum Gasteiger partial charge on any atom is 0.134 e. The van der Waals surface area contributed by atoms with Gasteiger partial charge in [-0.3, -0.25) is 0 Å². The fraction of sp³-hybridized carbons (Fsp3) is 0.250. The third-order valence-corrected chi connectivity index (χ3v) is 2.19. The fourth-order valence-electron chi connectivity index (χ4n) is 1.50. The first-order valence-electron chi connectivity index (χ1n) is 4.74. The van der Waals surface area contributed by atoms with Crippen molar-refractivity contribution in [1.29, 1.82) is 5.26 Å². The van der Waals surface area contributed by atoms with Gasteiger partial charge in [0.25, 0.3) is 0 Å². The number of benzene rings is 1. The van der Waals surface area contributed by atoms with Crippen molar-refractivity contribution in [3.8, 4) is 6.07 Å². The number of nitriles is 1. The summed E-state index contributed by atoms with van der Waals surface area (Å²) in [6.45, 7) is 0. The minimum Gasteiger partial charge on any atom is -0.461 e. The number of para-hydroxylation sites is 1. The van der Waals surface area contributed by atoms with Crippen molar-refractivity contribution in [3.63, 3.8) is 0 Å². The zero-order valence-electron chi connectivity index (χ0n) is 7.86. The van der Waals surface area contributed by atoms with E-state index in [0.717, 1.165) is 29.6 Å². The summed E-state index contributed by atoms with van der Waals surface area (Å²) >= 11 is 0. The Bertz CT molecular complexity index is 431. The molecule has 0 aliphatic heterocycles. The van der Waals surface area contributed by atoms with Crippen molar-refractivity contribution in [1.82, 2.24) is 0 Å². The summed E-state index contributed by atoms with van der Waals surface area (Å²) in [5.41, 5.74) is 0.930. The number of nitrogens with zero attached hydrogens (tertiary/aromatic N) is 1. The van der Waals surface area contributed by atoms with Crippen LogP contribution < -0.4 is 0 Å². The van der Waals surface area contributed by atoms with Crippen LogP contribution >= 0.6 is 0 Å². The van der Waals surface area contributed by atoms with E-state index < -0.39 is 0 Å². The largest absolute Gasteiger partial charge is 0.461 e.